The molecule has 0 radical (unpaired) electrons. The lowest BCUT2D eigenvalue weighted by molar-refractivity contribution is 0.204. The molecule has 17 heavy (non-hydrogen) atoms. The molecular formula is C14H13NO2. The van der Waals surface area contributed by atoms with Gasteiger partial charge in [0.2, 0.25) is 0 Å². The molecule has 86 valence electrons. The Morgan fingerprint density at radius 3 is 2.76 bits per heavy atom. The molecule has 0 saturated carbocycles. The Kier molecular flexibility index (Phi) is 3.76. The van der Waals surface area contributed by atoms with Crippen LogP contribution in [0.1, 0.15) is 6.42 Å². The van der Waals surface area contributed by atoms with E-state index in [2.05, 4.69) is 5.32 Å². The number of benzene rings is 1. The van der Waals surface area contributed by atoms with Crippen LogP contribution < -0.4 is 10.1 Å². The molecule has 1 aliphatic carbocycles. The number of hydrogen-bond donors (Lipinski definition) is 1. The fourth-order valence-corrected chi connectivity index (χ4v) is 1.41. The number of carbonyl (C=O) groups is 1. The summed E-state index contributed by atoms with van der Waals surface area (Å²) < 4.78 is 5.07. The molecule has 1 aromatic carbocycles. The van der Waals surface area contributed by atoms with Gasteiger partial charge in [0.15, 0.2) is 0 Å². The van der Waals surface area contributed by atoms with Gasteiger partial charge in [0.05, 0.1) is 0 Å². The Morgan fingerprint density at radius 1 is 1.24 bits per heavy atom. The highest BCUT2D eigenvalue weighted by molar-refractivity contribution is 5.71. The van der Waals surface area contributed by atoms with Crippen molar-refractivity contribution in [1.29, 1.82) is 0 Å². The van der Waals surface area contributed by atoms with Crippen LogP contribution in [0.2, 0.25) is 0 Å². The van der Waals surface area contributed by atoms with E-state index in [1.807, 2.05) is 42.5 Å². The van der Waals surface area contributed by atoms with Crippen molar-refractivity contribution < 1.29 is 9.53 Å². The Balaban J connectivity index is 1.86. The second-order valence-corrected chi connectivity index (χ2v) is 3.56. The maximum Gasteiger partial charge on any atom is 0.416 e. The molecule has 2 rings (SSSR count). The monoisotopic (exact) mass is 227 g/mol. The standard InChI is InChI=1S/C14H13NO2/c16-14(17-13-9-5-2-6-10-13)15-11-12-7-3-1-4-8-12/h1-7,9-11H,8H2,(H,15,16). The van der Waals surface area contributed by atoms with Gasteiger partial charge in [0.25, 0.3) is 0 Å². The van der Waals surface area contributed by atoms with E-state index in [9.17, 15) is 4.79 Å². The smallest absolute Gasteiger partial charge is 0.410 e. The van der Waals surface area contributed by atoms with Gasteiger partial charge in [0.1, 0.15) is 5.75 Å². The largest absolute Gasteiger partial charge is 0.416 e. The number of carbonyl (C=O) groups excluding carboxylic acids is 1. The molecule has 0 bridgehead atoms. The van der Waals surface area contributed by atoms with E-state index in [4.69, 9.17) is 4.74 Å². The lowest BCUT2D eigenvalue weighted by Crippen LogP contribution is -2.21. The van der Waals surface area contributed by atoms with Crippen LogP contribution in [0, 0.1) is 0 Å². The highest BCUT2D eigenvalue weighted by Crippen LogP contribution is 2.10. The number of rotatable bonds is 2. The van der Waals surface area contributed by atoms with E-state index in [0.29, 0.717) is 5.75 Å². The molecule has 1 amide bonds. The Bertz CT molecular complexity index is 472. The Morgan fingerprint density at radius 2 is 2.06 bits per heavy atom. The van der Waals surface area contributed by atoms with E-state index >= 15 is 0 Å². The van der Waals surface area contributed by atoms with Gasteiger partial charge in [-0.25, -0.2) is 4.79 Å². The van der Waals surface area contributed by atoms with Crippen LogP contribution in [0.5, 0.6) is 5.75 Å². The molecule has 1 N–H and O–H groups in total. The SMILES string of the molecule is O=C(NC=C1C=CC=CC1)Oc1ccccc1. The molecular weight excluding hydrogens is 214 g/mol. The van der Waals surface area contributed by atoms with Crippen molar-refractivity contribution in [3.05, 3.63) is 66.4 Å². The van der Waals surface area contributed by atoms with Crippen molar-refractivity contribution >= 4 is 6.09 Å². The van der Waals surface area contributed by atoms with E-state index in [1.54, 1.807) is 18.3 Å². The van der Waals surface area contributed by atoms with Gasteiger partial charge in [0, 0.05) is 6.20 Å². The van der Waals surface area contributed by atoms with Gasteiger partial charge in [-0.2, -0.15) is 0 Å². The third-order valence-electron chi connectivity index (χ3n) is 2.24. The summed E-state index contributed by atoms with van der Waals surface area (Å²) >= 11 is 0. The lowest BCUT2D eigenvalue weighted by atomic mass is 10.1. The predicted molar refractivity (Wildman–Crippen MR) is 66.6 cm³/mol. The third-order valence-corrected chi connectivity index (χ3v) is 2.24. The van der Waals surface area contributed by atoms with Gasteiger partial charge in [-0.05, 0) is 24.1 Å². The molecule has 1 aromatic rings. The highest BCUT2D eigenvalue weighted by Gasteiger charge is 2.01. The van der Waals surface area contributed by atoms with Crippen LogP contribution in [0.25, 0.3) is 0 Å². The van der Waals surface area contributed by atoms with Crippen molar-refractivity contribution in [3.8, 4) is 5.75 Å². The normalized spacial score (nSPS) is 15.9. The van der Waals surface area contributed by atoms with Gasteiger partial charge in [-0.15, -0.1) is 0 Å². The second kappa shape index (κ2) is 5.70. The summed E-state index contributed by atoms with van der Waals surface area (Å²) in [6, 6.07) is 8.96. The summed E-state index contributed by atoms with van der Waals surface area (Å²) in [6.45, 7) is 0. The molecule has 0 aromatic heterocycles. The number of ether oxygens (including phenoxy) is 1. The van der Waals surface area contributed by atoms with Gasteiger partial charge in [-0.3, -0.25) is 5.32 Å². The zero-order chi connectivity index (χ0) is 11.9. The van der Waals surface area contributed by atoms with Crippen molar-refractivity contribution in [1.82, 2.24) is 5.32 Å². The fraction of sp³-hybridized carbons (Fsp3) is 0.0714. The quantitative estimate of drug-likeness (QED) is 0.842. The molecule has 3 nitrogen and oxygen atoms in total. The van der Waals surface area contributed by atoms with Gasteiger partial charge < -0.3 is 4.74 Å². The van der Waals surface area contributed by atoms with Crippen molar-refractivity contribution in [2.45, 2.75) is 6.42 Å². The first-order valence-electron chi connectivity index (χ1n) is 5.40. The summed E-state index contributed by atoms with van der Waals surface area (Å²) in [7, 11) is 0. The van der Waals surface area contributed by atoms with Crippen molar-refractivity contribution in [3.63, 3.8) is 0 Å². The molecule has 0 heterocycles. The van der Waals surface area contributed by atoms with Crippen LogP contribution in [-0.4, -0.2) is 6.09 Å². The summed E-state index contributed by atoms with van der Waals surface area (Å²) in [5.74, 6) is 0.530. The molecule has 0 aliphatic heterocycles. The van der Waals surface area contributed by atoms with E-state index < -0.39 is 6.09 Å². The highest BCUT2D eigenvalue weighted by atomic mass is 16.5. The van der Waals surface area contributed by atoms with Crippen molar-refractivity contribution in [2.24, 2.45) is 0 Å². The van der Waals surface area contributed by atoms with E-state index in [-0.39, 0.29) is 0 Å². The van der Waals surface area contributed by atoms with Crippen LogP contribution in [0.3, 0.4) is 0 Å². The summed E-state index contributed by atoms with van der Waals surface area (Å²) in [5, 5.41) is 2.59. The molecule has 0 spiro atoms. The number of para-hydroxylation sites is 1. The number of nitrogens with one attached hydrogen (secondary N) is 1. The minimum absolute atomic E-state index is 0.480. The van der Waals surface area contributed by atoms with E-state index in [1.165, 1.54) is 0 Å². The van der Waals surface area contributed by atoms with Gasteiger partial charge in [-0.1, -0.05) is 42.5 Å². The number of amides is 1. The summed E-state index contributed by atoms with van der Waals surface area (Å²) in [4.78, 5) is 11.4. The molecule has 0 atom stereocenters. The molecule has 1 aliphatic rings. The maximum atomic E-state index is 11.4. The minimum atomic E-state index is -0.480. The van der Waals surface area contributed by atoms with Crippen LogP contribution in [-0.2, 0) is 0 Å². The first kappa shape index (κ1) is 11.2. The molecule has 3 heteroatoms. The first-order chi connectivity index (χ1) is 8.34. The Labute approximate surface area is 100 Å². The van der Waals surface area contributed by atoms with E-state index in [0.717, 1.165) is 12.0 Å². The topological polar surface area (TPSA) is 38.3 Å². The number of allylic oxidation sites excluding steroid dienone is 5. The zero-order valence-corrected chi connectivity index (χ0v) is 9.30. The second-order valence-electron chi connectivity index (χ2n) is 3.56. The Hall–Kier alpha value is -2.29. The predicted octanol–water partition coefficient (Wildman–Crippen LogP) is 3.18. The fourth-order valence-electron chi connectivity index (χ4n) is 1.41. The third kappa shape index (κ3) is 3.65. The van der Waals surface area contributed by atoms with Crippen LogP contribution in [0.4, 0.5) is 4.79 Å². The van der Waals surface area contributed by atoms with Gasteiger partial charge >= 0.3 is 6.09 Å². The first-order valence-corrected chi connectivity index (χ1v) is 5.40. The lowest BCUT2D eigenvalue weighted by Gasteiger charge is -2.05. The summed E-state index contributed by atoms with van der Waals surface area (Å²) in [6.07, 6.45) is 9.87. The molecule has 0 saturated heterocycles. The molecule has 0 fully saturated rings. The average molecular weight is 227 g/mol. The van der Waals surface area contributed by atoms with Crippen LogP contribution in [0.15, 0.2) is 66.4 Å². The molecule has 0 unspecified atom stereocenters. The maximum absolute atomic E-state index is 11.4. The minimum Gasteiger partial charge on any atom is -0.410 e. The van der Waals surface area contributed by atoms with Crippen molar-refractivity contribution in [2.75, 3.05) is 0 Å². The summed E-state index contributed by atoms with van der Waals surface area (Å²) in [5.41, 5.74) is 1.04. The zero-order valence-electron chi connectivity index (χ0n) is 9.30. The number of hydrogen-bond acceptors (Lipinski definition) is 2. The average Bonchev–Trinajstić information content (AvgIpc) is 2.39. The van der Waals surface area contributed by atoms with Crippen LogP contribution >= 0.6 is 0 Å².